The first-order valence-electron chi connectivity index (χ1n) is 7.59. The van der Waals surface area contributed by atoms with E-state index in [1.165, 1.54) is 12.8 Å². The minimum absolute atomic E-state index is 0.0326. The number of fused-ring (bicyclic) bond motifs is 1. The third-order valence-electron chi connectivity index (χ3n) is 5.06. The third-order valence-corrected chi connectivity index (χ3v) is 5.06. The predicted octanol–water partition coefficient (Wildman–Crippen LogP) is 2.91. The molecule has 2 N–H and O–H groups in total. The van der Waals surface area contributed by atoms with Gasteiger partial charge in [-0.15, -0.1) is 0 Å². The molecule has 1 aliphatic heterocycles. The van der Waals surface area contributed by atoms with Gasteiger partial charge in [0.15, 0.2) is 11.5 Å². The van der Waals surface area contributed by atoms with Crippen LogP contribution >= 0.6 is 0 Å². The summed E-state index contributed by atoms with van der Waals surface area (Å²) in [6.45, 7) is 3.38. The number of carbonyl (C=O) groups is 1. The molecule has 0 spiro atoms. The van der Waals surface area contributed by atoms with Gasteiger partial charge in [-0.25, -0.2) is 4.79 Å². The molecule has 0 unspecified atom stereocenters. The molecule has 21 heavy (non-hydrogen) atoms. The number of carbonyl (C=O) groups excluding carboxylic acids is 1. The van der Waals surface area contributed by atoms with Crippen molar-refractivity contribution in [2.24, 2.45) is 5.41 Å². The largest absolute Gasteiger partial charge is 0.486 e. The highest BCUT2D eigenvalue weighted by molar-refractivity contribution is 5.90. The van der Waals surface area contributed by atoms with Crippen LogP contribution in [-0.2, 0) is 0 Å². The Bertz CT molecular complexity index is 591. The molecule has 0 radical (unpaired) electrons. The molecule has 5 heteroatoms. The van der Waals surface area contributed by atoms with E-state index in [1.54, 1.807) is 0 Å². The van der Waals surface area contributed by atoms with Crippen LogP contribution in [0.3, 0.4) is 0 Å². The molecule has 3 aliphatic rings. The first-order valence-corrected chi connectivity index (χ1v) is 7.59. The molecule has 0 saturated heterocycles. The maximum absolute atomic E-state index is 12.2. The molecule has 4 rings (SSSR count). The number of hydrogen-bond donors (Lipinski definition) is 2. The summed E-state index contributed by atoms with van der Waals surface area (Å²) in [6.07, 6.45) is 4.63. The zero-order valence-electron chi connectivity index (χ0n) is 12.2. The Morgan fingerprint density at radius 2 is 1.81 bits per heavy atom. The van der Waals surface area contributed by atoms with E-state index >= 15 is 0 Å². The normalized spacial score (nSPS) is 23.1. The zero-order chi connectivity index (χ0) is 14.5. The van der Waals surface area contributed by atoms with Crippen molar-refractivity contribution in [3.8, 4) is 11.5 Å². The van der Waals surface area contributed by atoms with Crippen molar-refractivity contribution in [3.63, 3.8) is 0 Å². The maximum Gasteiger partial charge on any atom is 0.319 e. The van der Waals surface area contributed by atoms with Crippen LogP contribution in [0.4, 0.5) is 10.5 Å². The zero-order valence-corrected chi connectivity index (χ0v) is 12.2. The standard InChI is InChI=1S/C16H20N2O3/c1-15(4-5-15)16(6-7-16)18-14(19)17-11-2-3-12-13(10-11)21-9-8-20-12/h2-3,10H,4-9H2,1H3,(H2,17,18,19). The van der Waals surface area contributed by atoms with Crippen LogP contribution in [0.5, 0.6) is 11.5 Å². The Morgan fingerprint density at radius 1 is 1.10 bits per heavy atom. The fraction of sp³-hybridized carbons (Fsp3) is 0.562. The highest BCUT2D eigenvalue weighted by Gasteiger charge is 2.63. The fourth-order valence-electron chi connectivity index (χ4n) is 3.17. The lowest BCUT2D eigenvalue weighted by molar-refractivity contribution is 0.171. The van der Waals surface area contributed by atoms with Gasteiger partial charge in [-0.3, -0.25) is 0 Å². The summed E-state index contributed by atoms with van der Waals surface area (Å²) in [5, 5.41) is 6.08. The number of benzene rings is 1. The number of nitrogens with one attached hydrogen (secondary N) is 2. The SMILES string of the molecule is CC1(C2(NC(=O)Nc3ccc4c(c3)OCCO4)CC2)CC1. The van der Waals surface area contributed by atoms with Crippen LogP contribution in [0.2, 0.25) is 0 Å². The van der Waals surface area contributed by atoms with E-state index in [9.17, 15) is 4.79 Å². The van der Waals surface area contributed by atoms with Crippen LogP contribution in [0, 0.1) is 5.41 Å². The Hall–Kier alpha value is -1.91. The monoisotopic (exact) mass is 288 g/mol. The van der Waals surface area contributed by atoms with Gasteiger partial charge in [0.1, 0.15) is 13.2 Å². The number of urea groups is 1. The van der Waals surface area contributed by atoms with E-state index in [1.807, 2.05) is 18.2 Å². The number of anilines is 1. The van der Waals surface area contributed by atoms with Gasteiger partial charge in [0.05, 0.1) is 0 Å². The molecule has 1 aromatic rings. The summed E-state index contributed by atoms with van der Waals surface area (Å²) < 4.78 is 11.0. The van der Waals surface area contributed by atoms with E-state index in [-0.39, 0.29) is 11.6 Å². The number of ether oxygens (including phenoxy) is 2. The Balaban J connectivity index is 1.43. The third kappa shape index (κ3) is 2.20. The van der Waals surface area contributed by atoms with E-state index in [4.69, 9.17) is 9.47 Å². The summed E-state index contributed by atoms with van der Waals surface area (Å²) >= 11 is 0. The van der Waals surface area contributed by atoms with Gasteiger partial charge >= 0.3 is 6.03 Å². The molecule has 0 bridgehead atoms. The minimum atomic E-state index is -0.127. The average Bonchev–Trinajstić information content (AvgIpc) is 3.38. The molecular weight excluding hydrogens is 268 g/mol. The molecular formula is C16H20N2O3. The second kappa shape index (κ2) is 4.29. The van der Waals surface area contributed by atoms with Crippen LogP contribution in [0.15, 0.2) is 18.2 Å². The quantitative estimate of drug-likeness (QED) is 0.899. The number of rotatable bonds is 3. The molecule has 0 aromatic heterocycles. The fourth-order valence-corrected chi connectivity index (χ4v) is 3.17. The second-order valence-electron chi connectivity index (χ2n) is 6.58. The van der Waals surface area contributed by atoms with Crippen LogP contribution in [-0.4, -0.2) is 24.8 Å². The Morgan fingerprint density at radius 3 is 2.48 bits per heavy atom. The number of amides is 2. The topological polar surface area (TPSA) is 59.6 Å². The average molecular weight is 288 g/mol. The van der Waals surface area contributed by atoms with Gasteiger partial charge in [-0.05, 0) is 43.2 Å². The highest BCUT2D eigenvalue weighted by atomic mass is 16.6. The summed E-state index contributed by atoms with van der Waals surface area (Å²) in [5.41, 5.74) is 1.08. The van der Waals surface area contributed by atoms with Gasteiger partial charge in [-0.2, -0.15) is 0 Å². The molecule has 2 saturated carbocycles. The maximum atomic E-state index is 12.2. The lowest BCUT2D eigenvalue weighted by atomic mass is 9.96. The minimum Gasteiger partial charge on any atom is -0.486 e. The lowest BCUT2D eigenvalue weighted by Crippen LogP contribution is -2.44. The smallest absolute Gasteiger partial charge is 0.319 e. The summed E-state index contributed by atoms with van der Waals surface area (Å²) in [4.78, 5) is 12.2. The van der Waals surface area contributed by atoms with Gasteiger partial charge in [0, 0.05) is 17.3 Å². The predicted molar refractivity (Wildman–Crippen MR) is 78.9 cm³/mol. The van der Waals surface area contributed by atoms with Crippen molar-refractivity contribution < 1.29 is 14.3 Å². The number of hydrogen-bond acceptors (Lipinski definition) is 3. The molecule has 2 aliphatic carbocycles. The molecule has 1 heterocycles. The summed E-state index contributed by atoms with van der Waals surface area (Å²) in [7, 11) is 0. The molecule has 2 fully saturated rings. The first kappa shape index (κ1) is 12.8. The molecule has 5 nitrogen and oxygen atoms in total. The van der Waals surface area contributed by atoms with Crippen molar-refractivity contribution in [1.29, 1.82) is 0 Å². The van der Waals surface area contributed by atoms with Crippen LogP contribution in [0.25, 0.3) is 0 Å². The van der Waals surface area contributed by atoms with Crippen LogP contribution in [0.1, 0.15) is 32.6 Å². The van der Waals surface area contributed by atoms with Crippen LogP contribution < -0.4 is 20.1 Å². The highest BCUT2D eigenvalue weighted by Crippen LogP contribution is 2.63. The Kier molecular flexibility index (Phi) is 2.62. The van der Waals surface area contributed by atoms with Crippen molar-refractivity contribution in [2.75, 3.05) is 18.5 Å². The van der Waals surface area contributed by atoms with E-state index in [0.29, 0.717) is 24.4 Å². The first-order chi connectivity index (χ1) is 10.1. The van der Waals surface area contributed by atoms with Gasteiger partial charge in [-0.1, -0.05) is 6.92 Å². The van der Waals surface area contributed by atoms with Gasteiger partial charge in [0.2, 0.25) is 0 Å². The molecule has 2 amide bonds. The van der Waals surface area contributed by atoms with E-state index in [2.05, 4.69) is 17.6 Å². The van der Waals surface area contributed by atoms with Crippen molar-refractivity contribution in [1.82, 2.24) is 5.32 Å². The van der Waals surface area contributed by atoms with Gasteiger partial charge < -0.3 is 20.1 Å². The Labute approximate surface area is 124 Å². The van der Waals surface area contributed by atoms with Crippen molar-refractivity contribution >= 4 is 11.7 Å². The summed E-state index contributed by atoms with van der Waals surface area (Å²) in [5.74, 6) is 1.42. The summed E-state index contributed by atoms with van der Waals surface area (Å²) in [6, 6.07) is 5.36. The lowest BCUT2D eigenvalue weighted by Gasteiger charge is -2.25. The van der Waals surface area contributed by atoms with Crippen molar-refractivity contribution in [2.45, 2.75) is 38.1 Å². The molecule has 1 aromatic carbocycles. The molecule has 0 atom stereocenters. The van der Waals surface area contributed by atoms with Gasteiger partial charge in [0.25, 0.3) is 0 Å². The van der Waals surface area contributed by atoms with Crippen molar-refractivity contribution in [3.05, 3.63) is 18.2 Å². The second-order valence-corrected chi connectivity index (χ2v) is 6.58. The molecule has 112 valence electrons. The van der Waals surface area contributed by atoms with E-state index < -0.39 is 0 Å². The van der Waals surface area contributed by atoms with E-state index in [0.717, 1.165) is 24.3 Å².